The minimum absolute atomic E-state index is 0.310. The second kappa shape index (κ2) is 5.95. The summed E-state index contributed by atoms with van der Waals surface area (Å²) in [6, 6.07) is 10.1. The summed E-state index contributed by atoms with van der Waals surface area (Å²) in [6.07, 6.45) is 0.580. The first-order valence-corrected chi connectivity index (χ1v) is 7.99. The Bertz CT molecular complexity index is 817. The number of hydrogen-bond donors (Lipinski definition) is 0. The van der Waals surface area contributed by atoms with E-state index < -0.39 is 0 Å². The van der Waals surface area contributed by atoms with Gasteiger partial charge in [-0.1, -0.05) is 11.6 Å². The molecular formula is C15H10BrCl2FN2. The fourth-order valence-electron chi connectivity index (χ4n) is 2.28. The minimum Gasteiger partial charge on any atom is -0.295 e. The molecule has 6 heteroatoms. The van der Waals surface area contributed by atoms with Crippen molar-refractivity contribution in [1.82, 2.24) is 9.55 Å². The Morgan fingerprint density at radius 1 is 1.19 bits per heavy atom. The first-order valence-electron chi connectivity index (χ1n) is 6.28. The molecule has 2 aromatic carbocycles. The third-order valence-electron chi connectivity index (χ3n) is 3.15. The first-order chi connectivity index (χ1) is 10.1. The van der Waals surface area contributed by atoms with Crippen LogP contribution in [-0.2, 0) is 6.42 Å². The van der Waals surface area contributed by atoms with Crippen LogP contribution >= 0.6 is 39.1 Å². The predicted molar refractivity (Wildman–Crippen MR) is 88.2 cm³/mol. The Morgan fingerprint density at radius 2 is 2.00 bits per heavy atom. The molecule has 0 spiro atoms. The van der Waals surface area contributed by atoms with Gasteiger partial charge >= 0.3 is 0 Å². The third kappa shape index (κ3) is 2.80. The summed E-state index contributed by atoms with van der Waals surface area (Å²) in [5.41, 5.74) is 2.28. The van der Waals surface area contributed by atoms with E-state index in [1.54, 1.807) is 12.1 Å². The lowest BCUT2D eigenvalue weighted by atomic mass is 10.2. The molecule has 0 amide bonds. The number of aryl methyl sites for hydroxylation is 1. The molecule has 108 valence electrons. The molecule has 0 saturated carbocycles. The van der Waals surface area contributed by atoms with Gasteiger partial charge in [-0.25, -0.2) is 9.37 Å². The number of rotatable bonds is 3. The minimum atomic E-state index is -0.310. The number of hydrogen-bond acceptors (Lipinski definition) is 1. The Morgan fingerprint density at radius 3 is 2.76 bits per heavy atom. The lowest BCUT2D eigenvalue weighted by molar-refractivity contribution is 0.629. The Balaban J connectivity index is 2.33. The zero-order chi connectivity index (χ0) is 15.0. The summed E-state index contributed by atoms with van der Waals surface area (Å²) in [4.78, 5) is 4.49. The van der Waals surface area contributed by atoms with Gasteiger partial charge in [0.1, 0.15) is 11.6 Å². The van der Waals surface area contributed by atoms with E-state index in [4.69, 9.17) is 23.2 Å². The number of aromatic nitrogens is 2. The van der Waals surface area contributed by atoms with Gasteiger partial charge in [0.15, 0.2) is 0 Å². The van der Waals surface area contributed by atoms with Crippen LogP contribution in [0.4, 0.5) is 4.39 Å². The molecular weight excluding hydrogens is 378 g/mol. The maximum absolute atomic E-state index is 13.4. The van der Waals surface area contributed by atoms with Crippen LogP contribution in [0, 0.1) is 5.82 Å². The van der Waals surface area contributed by atoms with Crippen molar-refractivity contribution in [3.63, 3.8) is 0 Å². The van der Waals surface area contributed by atoms with Crippen molar-refractivity contribution in [2.45, 2.75) is 6.42 Å². The molecule has 1 heterocycles. The summed E-state index contributed by atoms with van der Waals surface area (Å²) in [7, 11) is 0. The summed E-state index contributed by atoms with van der Waals surface area (Å²) in [5, 5.41) is 0.619. The van der Waals surface area contributed by atoms with Crippen molar-refractivity contribution in [1.29, 1.82) is 0 Å². The molecule has 3 aromatic rings. The Hall–Kier alpha value is -1.10. The maximum atomic E-state index is 13.4. The summed E-state index contributed by atoms with van der Waals surface area (Å²) < 4.78 is 16.2. The topological polar surface area (TPSA) is 17.8 Å². The number of alkyl halides is 1. The van der Waals surface area contributed by atoms with Gasteiger partial charge in [0.25, 0.3) is 0 Å². The van der Waals surface area contributed by atoms with Gasteiger partial charge < -0.3 is 0 Å². The number of nitrogens with zero attached hydrogens (tertiary/aromatic N) is 2. The molecule has 0 aliphatic carbocycles. The van der Waals surface area contributed by atoms with Crippen LogP contribution in [0.5, 0.6) is 0 Å². The molecule has 0 unspecified atom stereocenters. The number of benzene rings is 2. The van der Waals surface area contributed by atoms with E-state index in [9.17, 15) is 4.39 Å². The zero-order valence-corrected chi connectivity index (χ0v) is 13.9. The molecule has 0 bridgehead atoms. The molecule has 2 nitrogen and oxygen atoms in total. The van der Waals surface area contributed by atoms with E-state index in [0.717, 1.165) is 21.5 Å². The fourth-order valence-corrected chi connectivity index (χ4v) is 3.04. The van der Waals surface area contributed by atoms with E-state index in [-0.39, 0.29) is 5.82 Å². The smallest absolute Gasteiger partial charge is 0.125 e. The number of halogens is 4. The zero-order valence-electron chi connectivity index (χ0n) is 10.8. The Kier molecular flexibility index (Phi) is 4.20. The van der Waals surface area contributed by atoms with Crippen LogP contribution in [-0.4, -0.2) is 15.4 Å². The van der Waals surface area contributed by atoms with Crippen molar-refractivity contribution in [2.75, 3.05) is 5.88 Å². The quantitative estimate of drug-likeness (QED) is 0.553. The SMILES string of the molecule is Fc1ccc2c(c1)nc(CCCl)n2-c1cc(Cl)ccc1Br. The average Bonchev–Trinajstić information content (AvgIpc) is 2.79. The highest BCUT2D eigenvalue weighted by Crippen LogP contribution is 2.30. The highest BCUT2D eigenvalue weighted by molar-refractivity contribution is 9.10. The molecule has 0 N–H and O–H groups in total. The largest absolute Gasteiger partial charge is 0.295 e. The monoisotopic (exact) mass is 386 g/mol. The molecule has 0 radical (unpaired) electrons. The van der Waals surface area contributed by atoms with Crippen LogP contribution in [0.2, 0.25) is 5.02 Å². The van der Waals surface area contributed by atoms with Crippen molar-refractivity contribution < 1.29 is 4.39 Å². The van der Waals surface area contributed by atoms with E-state index in [0.29, 0.717) is 22.8 Å². The van der Waals surface area contributed by atoms with Crippen LogP contribution in [0.25, 0.3) is 16.7 Å². The van der Waals surface area contributed by atoms with Crippen LogP contribution in [0.1, 0.15) is 5.82 Å². The summed E-state index contributed by atoms with van der Waals surface area (Å²) in [6.45, 7) is 0. The Labute approximate surface area is 139 Å². The van der Waals surface area contributed by atoms with E-state index in [2.05, 4.69) is 20.9 Å². The normalized spacial score (nSPS) is 11.2. The van der Waals surface area contributed by atoms with Crippen LogP contribution < -0.4 is 0 Å². The standard InChI is InChI=1S/C15H10BrCl2FN2/c16-11-3-1-9(18)7-14(11)21-13-4-2-10(19)8-12(13)20-15(21)5-6-17/h1-4,7-8H,5-6H2. The fraction of sp³-hybridized carbons (Fsp3) is 0.133. The number of fused-ring (bicyclic) bond motifs is 1. The van der Waals surface area contributed by atoms with Gasteiger partial charge in [-0.2, -0.15) is 0 Å². The van der Waals surface area contributed by atoms with Crippen molar-refractivity contribution >= 4 is 50.2 Å². The van der Waals surface area contributed by atoms with E-state index in [1.807, 2.05) is 16.7 Å². The highest BCUT2D eigenvalue weighted by Gasteiger charge is 2.15. The van der Waals surface area contributed by atoms with Gasteiger partial charge in [0.2, 0.25) is 0 Å². The molecule has 0 saturated heterocycles. The second-order valence-electron chi connectivity index (χ2n) is 4.53. The molecule has 21 heavy (non-hydrogen) atoms. The molecule has 3 rings (SSSR count). The average molecular weight is 388 g/mol. The molecule has 0 atom stereocenters. The van der Waals surface area contributed by atoms with Gasteiger partial charge in [0.05, 0.1) is 16.7 Å². The van der Waals surface area contributed by atoms with Crippen LogP contribution in [0.3, 0.4) is 0 Å². The third-order valence-corrected chi connectivity index (χ3v) is 4.25. The van der Waals surface area contributed by atoms with Crippen molar-refractivity contribution in [3.8, 4) is 5.69 Å². The van der Waals surface area contributed by atoms with Gasteiger partial charge in [-0.05, 0) is 46.3 Å². The maximum Gasteiger partial charge on any atom is 0.125 e. The van der Waals surface area contributed by atoms with Crippen molar-refractivity contribution in [3.05, 3.63) is 57.5 Å². The second-order valence-corrected chi connectivity index (χ2v) is 6.20. The number of imidazole rings is 1. The first kappa shape index (κ1) is 14.8. The van der Waals surface area contributed by atoms with E-state index >= 15 is 0 Å². The van der Waals surface area contributed by atoms with Crippen molar-refractivity contribution in [2.24, 2.45) is 0 Å². The van der Waals surface area contributed by atoms with Gasteiger partial charge in [-0.15, -0.1) is 11.6 Å². The lowest BCUT2D eigenvalue weighted by Crippen LogP contribution is -2.03. The molecule has 0 aliphatic heterocycles. The molecule has 0 fully saturated rings. The highest BCUT2D eigenvalue weighted by atomic mass is 79.9. The molecule has 0 aliphatic rings. The van der Waals surface area contributed by atoms with Crippen LogP contribution in [0.15, 0.2) is 40.9 Å². The summed E-state index contributed by atoms with van der Waals surface area (Å²) in [5.74, 6) is 0.896. The predicted octanol–water partition coefficient (Wildman–Crippen LogP) is 5.36. The van der Waals surface area contributed by atoms with Gasteiger partial charge in [0, 0.05) is 27.9 Å². The summed E-state index contributed by atoms with van der Waals surface area (Å²) >= 11 is 15.5. The molecule has 1 aromatic heterocycles. The lowest BCUT2D eigenvalue weighted by Gasteiger charge is -2.11. The van der Waals surface area contributed by atoms with Gasteiger partial charge in [-0.3, -0.25) is 4.57 Å². The van der Waals surface area contributed by atoms with E-state index in [1.165, 1.54) is 12.1 Å².